The van der Waals surface area contributed by atoms with Gasteiger partial charge in [-0.05, 0) is 43.1 Å². The average molecular weight is 314 g/mol. The molecule has 0 atom stereocenters. The van der Waals surface area contributed by atoms with Crippen molar-refractivity contribution < 1.29 is 9.47 Å². The molecule has 126 valence electrons. The molecule has 2 fully saturated rings. The highest BCUT2D eigenvalue weighted by atomic mass is 16.7. The van der Waals surface area contributed by atoms with Crippen LogP contribution in [0.5, 0.6) is 0 Å². The summed E-state index contributed by atoms with van der Waals surface area (Å²) in [5.41, 5.74) is 2.49. The van der Waals surface area contributed by atoms with Crippen LogP contribution in [0.3, 0.4) is 0 Å². The van der Waals surface area contributed by atoms with Crippen LogP contribution < -0.4 is 0 Å². The summed E-state index contributed by atoms with van der Waals surface area (Å²) in [6.07, 6.45) is 9.31. The van der Waals surface area contributed by atoms with Crippen molar-refractivity contribution in [2.45, 2.75) is 51.7 Å². The smallest absolute Gasteiger partial charge is 0.183 e. The van der Waals surface area contributed by atoms with Crippen molar-refractivity contribution in [3.05, 3.63) is 48.0 Å². The van der Waals surface area contributed by atoms with E-state index in [0.29, 0.717) is 5.92 Å². The largest absolute Gasteiger partial charge is 0.348 e. The Hall–Kier alpha value is -1.12. The van der Waals surface area contributed by atoms with E-state index in [0.717, 1.165) is 43.5 Å². The first-order chi connectivity index (χ1) is 11.3. The van der Waals surface area contributed by atoms with Crippen molar-refractivity contribution in [2.75, 3.05) is 13.2 Å². The Bertz CT molecular complexity index is 477. The maximum absolute atomic E-state index is 6.04. The number of hydrogen-bond donors (Lipinski definition) is 0. The summed E-state index contributed by atoms with van der Waals surface area (Å²) >= 11 is 0. The van der Waals surface area contributed by atoms with Crippen molar-refractivity contribution in [2.24, 2.45) is 17.8 Å². The van der Waals surface area contributed by atoms with Crippen molar-refractivity contribution >= 4 is 0 Å². The van der Waals surface area contributed by atoms with Crippen LogP contribution in [-0.2, 0) is 15.9 Å². The van der Waals surface area contributed by atoms with Crippen molar-refractivity contribution in [3.8, 4) is 0 Å². The zero-order chi connectivity index (χ0) is 16.1. The van der Waals surface area contributed by atoms with Gasteiger partial charge in [-0.1, -0.05) is 50.1 Å². The summed E-state index contributed by atoms with van der Waals surface area (Å²) in [4.78, 5) is 0. The van der Waals surface area contributed by atoms with Gasteiger partial charge in [0, 0.05) is 11.5 Å². The summed E-state index contributed by atoms with van der Waals surface area (Å²) in [6, 6.07) is 8.65. The Balaban J connectivity index is 1.49. The summed E-state index contributed by atoms with van der Waals surface area (Å²) in [7, 11) is 0. The van der Waals surface area contributed by atoms with E-state index in [1.807, 2.05) is 6.08 Å². The summed E-state index contributed by atoms with van der Waals surface area (Å²) in [5.74, 6) is 2.29. The molecule has 23 heavy (non-hydrogen) atoms. The van der Waals surface area contributed by atoms with Crippen LogP contribution in [0.25, 0.3) is 0 Å². The Kier molecular flexibility index (Phi) is 5.91. The molecule has 0 spiro atoms. The zero-order valence-corrected chi connectivity index (χ0v) is 14.4. The van der Waals surface area contributed by atoms with Crippen LogP contribution in [0.1, 0.15) is 56.4 Å². The Morgan fingerprint density at radius 3 is 2.26 bits per heavy atom. The zero-order valence-electron chi connectivity index (χ0n) is 14.4. The highest BCUT2D eigenvalue weighted by molar-refractivity contribution is 5.24. The summed E-state index contributed by atoms with van der Waals surface area (Å²) in [5, 5.41) is 0. The first kappa shape index (κ1) is 16.7. The lowest BCUT2D eigenvalue weighted by molar-refractivity contribution is -0.214. The summed E-state index contributed by atoms with van der Waals surface area (Å²) < 4.78 is 12.1. The maximum atomic E-state index is 6.04. The van der Waals surface area contributed by atoms with E-state index in [-0.39, 0.29) is 6.29 Å². The number of ether oxygens (including phenoxy) is 2. The molecule has 1 aliphatic carbocycles. The Morgan fingerprint density at radius 2 is 1.65 bits per heavy atom. The molecule has 1 heterocycles. The van der Waals surface area contributed by atoms with Gasteiger partial charge in [0.05, 0.1) is 13.2 Å². The topological polar surface area (TPSA) is 18.5 Å². The third kappa shape index (κ3) is 4.45. The van der Waals surface area contributed by atoms with Crippen LogP contribution in [0.4, 0.5) is 0 Å². The lowest BCUT2D eigenvalue weighted by Gasteiger charge is -2.37. The molecule has 2 heteroatoms. The Morgan fingerprint density at radius 1 is 1.00 bits per heavy atom. The normalized spacial score (nSPS) is 31.7. The predicted octanol–water partition coefficient (Wildman–Crippen LogP) is 5.29. The second kappa shape index (κ2) is 8.12. The third-order valence-electron chi connectivity index (χ3n) is 5.54. The molecule has 0 unspecified atom stereocenters. The van der Waals surface area contributed by atoms with E-state index in [2.05, 4.69) is 37.8 Å². The van der Waals surface area contributed by atoms with Gasteiger partial charge in [-0.25, -0.2) is 0 Å². The number of allylic oxidation sites excluding steroid dienone is 1. The maximum Gasteiger partial charge on any atom is 0.183 e. The monoisotopic (exact) mass is 314 g/mol. The lowest BCUT2D eigenvalue weighted by atomic mass is 9.76. The van der Waals surface area contributed by atoms with Crippen molar-refractivity contribution in [1.82, 2.24) is 0 Å². The lowest BCUT2D eigenvalue weighted by Crippen LogP contribution is -2.34. The molecule has 1 aromatic rings. The summed E-state index contributed by atoms with van der Waals surface area (Å²) in [6.45, 7) is 7.85. The van der Waals surface area contributed by atoms with E-state index < -0.39 is 0 Å². The fourth-order valence-corrected chi connectivity index (χ4v) is 3.85. The standard InChI is InChI=1S/C21H30O2/c1-3-4-5-17-8-12-19(13-9-17)21-22-14-20(15-23-21)18-10-6-16(2)7-11-18/h3,8-9,12-13,16,18,20-21H,1,4-7,10-11,14-15H2,2H3. The second-order valence-electron chi connectivity index (χ2n) is 7.35. The molecule has 0 bridgehead atoms. The highest BCUT2D eigenvalue weighted by Crippen LogP contribution is 2.37. The molecule has 0 N–H and O–H groups in total. The van der Waals surface area contributed by atoms with E-state index in [1.54, 1.807) is 0 Å². The third-order valence-corrected chi connectivity index (χ3v) is 5.54. The Labute approximate surface area is 140 Å². The highest BCUT2D eigenvalue weighted by Gasteiger charge is 2.31. The minimum Gasteiger partial charge on any atom is -0.348 e. The van der Waals surface area contributed by atoms with Crippen molar-refractivity contribution in [1.29, 1.82) is 0 Å². The predicted molar refractivity (Wildman–Crippen MR) is 94.2 cm³/mol. The quantitative estimate of drug-likeness (QED) is 0.687. The van der Waals surface area contributed by atoms with E-state index in [1.165, 1.54) is 31.2 Å². The number of hydrogen-bond acceptors (Lipinski definition) is 2. The molecule has 0 amide bonds. The van der Waals surface area contributed by atoms with Crippen LogP contribution in [0.15, 0.2) is 36.9 Å². The molecule has 1 aromatic carbocycles. The second-order valence-corrected chi connectivity index (χ2v) is 7.35. The van der Waals surface area contributed by atoms with E-state index in [4.69, 9.17) is 9.47 Å². The first-order valence-electron chi connectivity index (χ1n) is 9.19. The molecule has 2 nitrogen and oxygen atoms in total. The SMILES string of the molecule is C=CCCc1ccc(C2OCC(C3CCC(C)CC3)CO2)cc1. The van der Waals surface area contributed by atoms with Gasteiger partial charge in [-0.15, -0.1) is 6.58 Å². The van der Waals surface area contributed by atoms with Crippen LogP contribution >= 0.6 is 0 Å². The van der Waals surface area contributed by atoms with Crippen LogP contribution in [-0.4, -0.2) is 13.2 Å². The van der Waals surface area contributed by atoms with Gasteiger partial charge in [0.2, 0.25) is 0 Å². The van der Waals surface area contributed by atoms with E-state index in [9.17, 15) is 0 Å². The molecule has 1 saturated carbocycles. The number of rotatable bonds is 5. The van der Waals surface area contributed by atoms with Gasteiger partial charge in [-0.2, -0.15) is 0 Å². The van der Waals surface area contributed by atoms with Gasteiger partial charge in [-0.3, -0.25) is 0 Å². The van der Waals surface area contributed by atoms with Crippen LogP contribution in [0.2, 0.25) is 0 Å². The van der Waals surface area contributed by atoms with E-state index >= 15 is 0 Å². The number of aryl methyl sites for hydroxylation is 1. The average Bonchev–Trinajstić information content (AvgIpc) is 2.61. The van der Waals surface area contributed by atoms with Crippen molar-refractivity contribution in [3.63, 3.8) is 0 Å². The molecular formula is C21H30O2. The van der Waals surface area contributed by atoms with Gasteiger partial charge in [0.15, 0.2) is 6.29 Å². The van der Waals surface area contributed by atoms with Gasteiger partial charge in [0.25, 0.3) is 0 Å². The molecule has 0 radical (unpaired) electrons. The van der Waals surface area contributed by atoms with Gasteiger partial charge < -0.3 is 9.47 Å². The fourth-order valence-electron chi connectivity index (χ4n) is 3.85. The molecule has 0 aromatic heterocycles. The molecule has 1 saturated heterocycles. The van der Waals surface area contributed by atoms with Crippen LogP contribution in [0, 0.1) is 17.8 Å². The molecule has 3 rings (SSSR count). The fraction of sp³-hybridized carbons (Fsp3) is 0.619. The molecule has 2 aliphatic rings. The minimum atomic E-state index is -0.179. The number of benzene rings is 1. The first-order valence-corrected chi connectivity index (χ1v) is 9.19. The molecule has 1 aliphatic heterocycles. The molecular weight excluding hydrogens is 284 g/mol. The minimum absolute atomic E-state index is 0.179. The van der Waals surface area contributed by atoms with Gasteiger partial charge >= 0.3 is 0 Å². The van der Waals surface area contributed by atoms with Gasteiger partial charge in [0.1, 0.15) is 0 Å².